The Kier molecular flexibility index (Phi) is 5.10. The summed E-state index contributed by atoms with van der Waals surface area (Å²) >= 11 is 13.5. The van der Waals surface area contributed by atoms with Crippen LogP contribution in [0.1, 0.15) is 16.8 Å². The average Bonchev–Trinajstić information content (AvgIpc) is 2.93. The van der Waals surface area contributed by atoms with Crippen molar-refractivity contribution in [3.05, 3.63) is 27.7 Å². The van der Waals surface area contributed by atoms with E-state index in [-0.39, 0.29) is 26.5 Å². The monoisotopic (exact) mass is 369 g/mol. The third-order valence-electron chi connectivity index (χ3n) is 3.31. The summed E-state index contributed by atoms with van der Waals surface area (Å²) in [4.78, 5) is 10.9. The molecule has 0 amide bonds. The fourth-order valence-corrected chi connectivity index (χ4v) is 5.69. The third kappa shape index (κ3) is 3.32. The lowest BCUT2D eigenvalue weighted by Crippen LogP contribution is -2.37. The first kappa shape index (κ1) is 16.9. The second-order valence-electron chi connectivity index (χ2n) is 4.61. The molecule has 1 heterocycles. The van der Waals surface area contributed by atoms with E-state index in [1.54, 1.807) is 11.8 Å². The molecular formula is C12H13Cl2NO4S2. The van der Waals surface area contributed by atoms with E-state index in [4.69, 9.17) is 28.3 Å². The molecule has 0 bridgehead atoms. The highest BCUT2D eigenvalue weighted by molar-refractivity contribution is 7.99. The van der Waals surface area contributed by atoms with Crippen molar-refractivity contribution in [1.29, 1.82) is 0 Å². The number of thioether (sulfide) groups is 1. The first-order valence-electron chi connectivity index (χ1n) is 6.03. The summed E-state index contributed by atoms with van der Waals surface area (Å²) in [6.07, 6.45) is 0.754. The molecule has 1 atom stereocenters. The molecule has 0 spiro atoms. The van der Waals surface area contributed by atoms with Crippen molar-refractivity contribution >= 4 is 51.0 Å². The zero-order valence-electron chi connectivity index (χ0n) is 11.0. The Labute approximate surface area is 137 Å². The number of carboxylic acid groups (broad SMARTS) is 1. The largest absolute Gasteiger partial charge is 0.478 e. The molecule has 116 valence electrons. The van der Waals surface area contributed by atoms with E-state index in [1.165, 1.54) is 17.4 Å². The Morgan fingerprint density at radius 3 is 2.62 bits per heavy atom. The molecule has 0 aliphatic carbocycles. The molecule has 2 rings (SSSR count). The number of hydrogen-bond acceptors (Lipinski definition) is 4. The van der Waals surface area contributed by atoms with Gasteiger partial charge in [0.25, 0.3) is 0 Å². The summed E-state index contributed by atoms with van der Waals surface area (Å²) in [6, 6.07) is 2.20. The van der Waals surface area contributed by atoms with Gasteiger partial charge in [0.1, 0.15) is 4.90 Å². The van der Waals surface area contributed by atoms with E-state index in [0.717, 1.165) is 18.2 Å². The zero-order chi connectivity index (χ0) is 15.8. The minimum absolute atomic E-state index is 0.0181. The van der Waals surface area contributed by atoms with Crippen molar-refractivity contribution in [1.82, 2.24) is 4.31 Å². The number of sulfonamides is 1. The molecule has 1 aliphatic rings. The van der Waals surface area contributed by atoms with Crippen molar-refractivity contribution in [2.24, 2.45) is 0 Å². The van der Waals surface area contributed by atoms with Crippen LogP contribution in [0.2, 0.25) is 10.0 Å². The Morgan fingerprint density at radius 1 is 1.43 bits per heavy atom. The molecule has 1 unspecified atom stereocenters. The van der Waals surface area contributed by atoms with Gasteiger partial charge in [0.05, 0.1) is 10.6 Å². The van der Waals surface area contributed by atoms with E-state index in [2.05, 4.69) is 0 Å². The lowest BCUT2D eigenvalue weighted by molar-refractivity contribution is 0.0697. The molecule has 1 saturated heterocycles. The first-order valence-corrected chi connectivity index (χ1v) is 9.38. The van der Waals surface area contributed by atoms with Crippen LogP contribution in [0, 0.1) is 0 Å². The second kappa shape index (κ2) is 6.34. The fraction of sp³-hybridized carbons (Fsp3) is 0.417. The van der Waals surface area contributed by atoms with Gasteiger partial charge in [-0.2, -0.15) is 16.1 Å². The lowest BCUT2D eigenvalue weighted by atomic mass is 10.2. The number of benzene rings is 1. The third-order valence-corrected chi connectivity index (χ3v) is 7.13. The Balaban J connectivity index is 2.51. The zero-order valence-corrected chi connectivity index (χ0v) is 14.2. The Morgan fingerprint density at radius 2 is 2.10 bits per heavy atom. The molecular weight excluding hydrogens is 357 g/mol. The summed E-state index contributed by atoms with van der Waals surface area (Å²) in [6.45, 7) is 0. The molecule has 1 aliphatic heterocycles. The maximum Gasteiger partial charge on any atom is 0.337 e. The van der Waals surface area contributed by atoms with Gasteiger partial charge in [-0.15, -0.1) is 0 Å². The second-order valence-corrected chi connectivity index (χ2v) is 8.54. The minimum atomic E-state index is -3.89. The van der Waals surface area contributed by atoms with Crippen LogP contribution in [-0.2, 0) is 10.0 Å². The van der Waals surface area contributed by atoms with Gasteiger partial charge in [-0.05, 0) is 24.3 Å². The van der Waals surface area contributed by atoms with Crippen LogP contribution >= 0.6 is 35.0 Å². The minimum Gasteiger partial charge on any atom is -0.478 e. The summed E-state index contributed by atoms with van der Waals surface area (Å²) in [5.41, 5.74) is -0.322. The van der Waals surface area contributed by atoms with Gasteiger partial charge in [-0.3, -0.25) is 0 Å². The van der Waals surface area contributed by atoms with Crippen LogP contribution in [-0.4, -0.2) is 48.4 Å². The highest BCUT2D eigenvalue weighted by atomic mass is 35.5. The molecule has 0 aromatic heterocycles. The predicted octanol–water partition coefficient (Wildman–Crippen LogP) is 2.82. The first-order chi connectivity index (χ1) is 9.75. The van der Waals surface area contributed by atoms with Crippen molar-refractivity contribution in [3.8, 4) is 0 Å². The summed E-state index contributed by atoms with van der Waals surface area (Å²) in [5.74, 6) is 0.284. The van der Waals surface area contributed by atoms with Crippen molar-refractivity contribution in [2.45, 2.75) is 17.4 Å². The number of rotatable bonds is 4. The quantitative estimate of drug-likeness (QED) is 0.882. The Hall–Kier alpha value is -0.470. The van der Waals surface area contributed by atoms with Gasteiger partial charge < -0.3 is 5.11 Å². The number of hydrogen-bond donors (Lipinski definition) is 1. The molecule has 1 fully saturated rings. The van der Waals surface area contributed by atoms with Crippen LogP contribution in [0.4, 0.5) is 0 Å². The number of nitrogens with zero attached hydrogens (tertiary/aromatic N) is 1. The van der Waals surface area contributed by atoms with Gasteiger partial charge in [0.15, 0.2) is 0 Å². The molecule has 21 heavy (non-hydrogen) atoms. The van der Waals surface area contributed by atoms with Crippen LogP contribution in [0.15, 0.2) is 17.0 Å². The Bertz CT molecular complexity index is 672. The van der Waals surface area contributed by atoms with Gasteiger partial charge >= 0.3 is 5.97 Å². The number of carboxylic acids is 1. The van der Waals surface area contributed by atoms with E-state index < -0.39 is 16.0 Å². The molecule has 9 heteroatoms. The van der Waals surface area contributed by atoms with Gasteiger partial charge in [0, 0.05) is 23.9 Å². The highest BCUT2D eigenvalue weighted by Crippen LogP contribution is 2.33. The maximum absolute atomic E-state index is 12.6. The fourth-order valence-electron chi connectivity index (χ4n) is 2.07. The van der Waals surface area contributed by atoms with Gasteiger partial charge in [0.2, 0.25) is 10.0 Å². The standard InChI is InChI=1S/C12H13Cl2NO4S2/c1-15(8-2-3-20-6-8)21(18,19)10-5-7(13)4-9(11(10)14)12(16)17/h4-5,8H,2-3,6H2,1H3,(H,16,17). The predicted molar refractivity (Wildman–Crippen MR) is 84.1 cm³/mol. The van der Waals surface area contributed by atoms with Crippen LogP contribution in [0.5, 0.6) is 0 Å². The maximum atomic E-state index is 12.6. The average molecular weight is 370 g/mol. The molecule has 1 aromatic carbocycles. The summed E-state index contributed by atoms with van der Waals surface area (Å²) in [5, 5.41) is 8.78. The topological polar surface area (TPSA) is 74.7 Å². The summed E-state index contributed by atoms with van der Waals surface area (Å²) in [7, 11) is -2.42. The number of carbonyl (C=O) groups is 1. The molecule has 0 radical (unpaired) electrons. The molecule has 5 nitrogen and oxygen atoms in total. The van der Waals surface area contributed by atoms with Crippen molar-refractivity contribution in [2.75, 3.05) is 18.6 Å². The van der Waals surface area contributed by atoms with E-state index >= 15 is 0 Å². The van der Waals surface area contributed by atoms with E-state index in [0.29, 0.717) is 5.75 Å². The molecule has 0 saturated carbocycles. The summed E-state index contributed by atoms with van der Waals surface area (Å²) < 4.78 is 26.5. The van der Waals surface area contributed by atoms with Crippen LogP contribution in [0.25, 0.3) is 0 Å². The number of halogens is 2. The van der Waals surface area contributed by atoms with Crippen LogP contribution < -0.4 is 0 Å². The van der Waals surface area contributed by atoms with E-state index in [1.807, 2.05) is 0 Å². The molecule has 1 N–H and O–H groups in total. The highest BCUT2D eigenvalue weighted by Gasteiger charge is 2.33. The number of aromatic carboxylic acids is 1. The van der Waals surface area contributed by atoms with Crippen molar-refractivity contribution in [3.63, 3.8) is 0 Å². The van der Waals surface area contributed by atoms with Crippen LogP contribution in [0.3, 0.4) is 0 Å². The normalized spacial score (nSPS) is 19.1. The SMILES string of the molecule is CN(C1CCSC1)S(=O)(=O)c1cc(Cl)cc(C(=O)O)c1Cl. The van der Waals surface area contributed by atoms with Crippen molar-refractivity contribution < 1.29 is 18.3 Å². The van der Waals surface area contributed by atoms with E-state index in [9.17, 15) is 13.2 Å². The smallest absolute Gasteiger partial charge is 0.337 e. The lowest BCUT2D eigenvalue weighted by Gasteiger charge is -2.24. The van der Waals surface area contributed by atoms with Gasteiger partial charge in [-0.25, -0.2) is 13.2 Å². The van der Waals surface area contributed by atoms with Gasteiger partial charge in [-0.1, -0.05) is 23.2 Å². The molecule has 1 aromatic rings.